The number of carbonyl (C=O) groups excluding carboxylic acids is 1. The molecular formula is C22H23NO4S. The van der Waals surface area contributed by atoms with Crippen LogP contribution in [0, 0.1) is 0 Å². The lowest BCUT2D eigenvalue weighted by atomic mass is 10.0. The second-order valence-electron chi connectivity index (χ2n) is 6.68. The van der Waals surface area contributed by atoms with Crippen LogP contribution in [-0.4, -0.2) is 27.7 Å². The van der Waals surface area contributed by atoms with Crippen LogP contribution < -0.4 is 10.1 Å². The van der Waals surface area contributed by atoms with Crippen molar-refractivity contribution in [3.63, 3.8) is 0 Å². The minimum Gasteiger partial charge on any atom is -0.496 e. The summed E-state index contributed by atoms with van der Waals surface area (Å²) in [6.45, 7) is 1.97. The van der Waals surface area contributed by atoms with Gasteiger partial charge in [-0.05, 0) is 47.0 Å². The fourth-order valence-corrected chi connectivity index (χ4v) is 3.80. The molecule has 0 bridgehead atoms. The molecule has 0 saturated heterocycles. The maximum absolute atomic E-state index is 12.9. The number of hydrogen-bond donors (Lipinski definition) is 1. The van der Waals surface area contributed by atoms with Gasteiger partial charge >= 0.3 is 0 Å². The summed E-state index contributed by atoms with van der Waals surface area (Å²) in [5.74, 6) is 0.278. The van der Waals surface area contributed by atoms with Crippen LogP contribution in [0.25, 0.3) is 10.8 Å². The van der Waals surface area contributed by atoms with Crippen LogP contribution in [0.5, 0.6) is 5.75 Å². The number of rotatable bonds is 6. The second kappa shape index (κ2) is 8.02. The van der Waals surface area contributed by atoms with E-state index >= 15 is 0 Å². The summed E-state index contributed by atoms with van der Waals surface area (Å²) in [7, 11) is -1.71. The molecule has 0 aliphatic heterocycles. The quantitative estimate of drug-likeness (QED) is 0.679. The molecule has 0 fully saturated rings. The third-order valence-electron chi connectivity index (χ3n) is 4.74. The topological polar surface area (TPSA) is 72.5 Å². The highest BCUT2D eigenvalue weighted by molar-refractivity contribution is 7.90. The lowest BCUT2D eigenvalue weighted by Gasteiger charge is -2.19. The summed E-state index contributed by atoms with van der Waals surface area (Å²) in [6.07, 6.45) is 1.84. The highest BCUT2D eigenvalue weighted by Crippen LogP contribution is 2.27. The first-order valence-corrected chi connectivity index (χ1v) is 10.9. The molecule has 1 N–H and O–H groups in total. The van der Waals surface area contributed by atoms with Crippen LogP contribution in [0.4, 0.5) is 0 Å². The van der Waals surface area contributed by atoms with E-state index in [1.165, 1.54) is 6.26 Å². The Balaban J connectivity index is 1.89. The Bertz CT molecular complexity index is 1110. The standard InChI is InChI=1S/C22H23NO4S/c1-4-20(15-9-11-18(12-10-15)28(3,25)26)23-22(24)19-13-16-7-5-6-8-17(16)14-21(19)27-2/h5-14,20H,4H2,1-3H3,(H,23,24)/t20-/m1/s1. The zero-order valence-corrected chi connectivity index (χ0v) is 16.9. The van der Waals surface area contributed by atoms with E-state index in [0.29, 0.717) is 17.7 Å². The molecule has 1 atom stereocenters. The summed E-state index contributed by atoms with van der Waals surface area (Å²) in [5, 5.41) is 4.99. The highest BCUT2D eigenvalue weighted by atomic mass is 32.2. The summed E-state index contributed by atoms with van der Waals surface area (Å²) < 4.78 is 28.7. The van der Waals surface area contributed by atoms with E-state index in [1.54, 1.807) is 31.4 Å². The number of methoxy groups -OCH3 is 1. The third-order valence-corrected chi connectivity index (χ3v) is 5.87. The van der Waals surface area contributed by atoms with E-state index in [4.69, 9.17) is 4.74 Å². The van der Waals surface area contributed by atoms with E-state index in [2.05, 4.69) is 5.32 Å². The van der Waals surface area contributed by atoms with Gasteiger partial charge in [-0.1, -0.05) is 43.3 Å². The van der Waals surface area contributed by atoms with Gasteiger partial charge in [-0.2, -0.15) is 0 Å². The highest BCUT2D eigenvalue weighted by Gasteiger charge is 2.19. The third kappa shape index (κ3) is 4.17. The number of benzene rings is 3. The number of hydrogen-bond acceptors (Lipinski definition) is 4. The zero-order chi connectivity index (χ0) is 20.3. The van der Waals surface area contributed by atoms with Crippen molar-refractivity contribution in [2.24, 2.45) is 0 Å². The number of nitrogens with one attached hydrogen (secondary N) is 1. The second-order valence-corrected chi connectivity index (χ2v) is 8.69. The van der Waals surface area contributed by atoms with Crippen molar-refractivity contribution in [1.29, 1.82) is 0 Å². The predicted octanol–water partition coefficient (Wildman–Crippen LogP) is 4.13. The van der Waals surface area contributed by atoms with Crippen molar-refractivity contribution in [2.45, 2.75) is 24.3 Å². The predicted molar refractivity (Wildman–Crippen MR) is 111 cm³/mol. The van der Waals surface area contributed by atoms with Gasteiger partial charge in [-0.15, -0.1) is 0 Å². The number of sulfone groups is 1. The molecule has 0 aromatic heterocycles. The Morgan fingerprint density at radius 2 is 1.64 bits per heavy atom. The van der Waals surface area contributed by atoms with Crippen LogP contribution in [0.3, 0.4) is 0 Å². The van der Waals surface area contributed by atoms with Crippen LogP contribution in [0.15, 0.2) is 65.6 Å². The number of ether oxygens (including phenoxy) is 1. The zero-order valence-electron chi connectivity index (χ0n) is 16.1. The Morgan fingerprint density at radius 3 is 2.18 bits per heavy atom. The van der Waals surface area contributed by atoms with Crippen LogP contribution in [-0.2, 0) is 9.84 Å². The van der Waals surface area contributed by atoms with Crippen molar-refractivity contribution in [3.8, 4) is 5.75 Å². The molecule has 0 aliphatic rings. The smallest absolute Gasteiger partial charge is 0.255 e. The van der Waals surface area contributed by atoms with Crippen molar-refractivity contribution >= 4 is 26.5 Å². The minimum atomic E-state index is -3.25. The van der Waals surface area contributed by atoms with Gasteiger partial charge < -0.3 is 10.1 Å². The Kier molecular flexibility index (Phi) is 5.70. The van der Waals surface area contributed by atoms with E-state index in [0.717, 1.165) is 16.3 Å². The van der Waals surface area contributed by atoms with Gasteiger partial charge in [0.05, 0.1) is 23.6 Å². The van der Waals surface area contributed by atoms with Gasteiger partial charge in [0.25, 0.3) is 5.91 Å². The fourth-order valence-electron chi connectivity index (χ4n) is 3.17. The average molecular weight is 397 g/mol. The maximum Gasteiger partial charge on any atom is 0.255 e. The molecule has 5 nitrogen and oxygen atoms in total. The molecule has 28 heavy (non-hydrogen) atoms. The van der Waals surface area contributed by atoms with E-state index in [9.17, 15) is 13.2 Å². The Morgan fingerprint density at radius 1 is 1.04 bits per heavy atom. The molecule has 1 amide bonds. The number of carbonyl (C=O) groups is 1. The molecule has 0 radical (unpaired) electrons. The van der Waals surface area contributed by atoms with Crippen molar-refractivity contribution in [2.75, 3.05) is 13.4 Å². The van der Waals surface area contributed by atoms with Crippen molar-refractivity contribution in [1.82, 2.24) is 5.32 Å². The summed E-state index contributed by atoms with van der Waals surface area (Å²) >= 11 is 0. The summed E-state index contributed by atoms with van der Waals surface area (Å²) in [5.41, 5.74) is 1.32. The van der Waals surface area contributed by atoms with Gasteiger partial charge in [0.15, 0.2) is 9.84 Å². The normalized spacial score (nSPS) is 12.5. The molecule has 0 aliphatic carbocycles. The molecule has 0 saturated carbocycles. The van der Waals surface area contributed by atoms with Crippen LogP contribution in [0.1, 0.15) is 35.3 Å². The molecule has 3 aromatic carbocycles. The number of amides is 1. The summed E-state index contributed by atoms with van der Waals surface area (Å²) in [6, 6.07) is 17.8. The Labute approximate surface area is 165 Å². The van der Waals surface area contributed by atoms with E-state index in [-0.39, 0.29) is 16.8 Å². The van der Waals surface area contributed by atoms with Gasteiger partial charge in [0.1, 0.15) is 5.75 Å². The summed E-state index contributed by atoms with van der Waals surface area (Å²) in [4.78, 5) is 13.2. The lowest BCUT2D eigenvalue weighted by Crippen LogP contribution is -2.28. The molecule has 3 aromatic rings. The molecule has 146 valence electrons. The van der Waals surface area contributed by atoms with Crippen LogP contribution >= 0.6 is 0 Å². The maximum atomic E-state index is 12.9. The minimum absolute atomic E-state index is 0.235. The first kappa shape index (κ1) is 19.9. The molecule has 6 heteroatoms. The van der Waals surface area contributed by atoms with Gasteiger partial charge in [-0.3, -0.25) is 4.79 Å². The van der Waals surface area contributed by atoms with Gasteiger partial charge in [-0.25, -0.2) is 8.42 Å². The molecule has 3 rings (SSSR count). The van der Waals surface area contributed by atoms with E-state index in [1.807, 2.05) is 43.3 Å². The van der Waals surface area contributed by atoms with Crippen LogP contribution in [0.2, 0.25) is 0 Å². The van der Waals surface area contributed by atoms with Gasteiger partial charge in [0.2, 0.25) is 0 Å². The average Bonchev–Trinajstić information content (AvgIpc) is 2.70. The Hall–Kier alpha value is -2.86. The SMILES string of the molecule is CC[C@@H](NC(=O)c1cc2ccccc2cc1OC)c1ccc(S(C)(=O)=O)cc1. The number of fused-ring (bicyclic) bond motifs is 1. The molecule has 0 heterocycles. The lowest BCUT2D eigenvalue weighted by molar-refractivity contribution is 0.0932. The van der Waals surface area contributed by atoms with E-state index < -0.39 is 9.84 Å². The fraction of sp³-hybridized carbons (Fsp3) is 0.227. The molecule has 0 unspecified atom stereocenters. The first-order valence-electron chi connectivity index (χ1n) is 9.01. The molecular weight excluding hydrogens is 374 g/mol. The molecule has 0 spiro atoms. The van der Waals surface area contributed by atoms with Crippen molar-refractivity contribution in [3.05, 3.63) is 71.8 Å². The first-order chi connectivity index (χ1) is 13.3. The monoisotopic (exact) mass is 397 g/mol. The van der Waals surface area contributed by atoms with Gasteiger partial charge in [0, 0.05) is 6.26 Å². The van der Waals surface area contributed by atoms with Crippen molar-refractivity contribution < 1.29 is 17.9 Å². The largest absolute Gasteiger partial charge is 0.496 e.